The summed E-state index contributed by atoms with van der Waals surface area (Å²) in [6.07, 6.45) is 1.18. The SMILES string of the molecule is CNC(=O)CCc1cc(C(C)(C)C)c(OCOCCOC)c(C(C)(C)C)c1. The van der Waals surface area contributed by atoms with Crippen molar-refractivity contribution in [3.05, 3.63) is 28.8 Å². The van der Waals surface area contributed by atoms with Crippen molar-refractivity contribution in [1.82, 2.24) is 5.32 Å². The van der Waals surface area contributed by atoms with Gasteiger partial charge in [-0.3, -0.25) is 4.79 Å². The lowest BCUT2D eigenvalue weighted by Crippen LogP contribution is -2.22. The van der Waals surface area contributed by atoms with Crippen LogP contribution in [-0.2, 0) is 31.5 Å². The summed E-state index contributed by atoms with van der Waals surface area (Å²) in [7, 11) is 3.32. The Morgan fingerprint density at radius 2 is 1.56 bits per heavy atom. The van der Waals surface area contributed by atoms with E-state index in [0.29, 0.717) is 26.1 Å². The third-order valence-electron chi connectivity index (χ3n) is 4.40. The Morgan fingerprint density at radius 1 is 1.00 bits per heavy atom. The largest absolute Gasteiger partial charge is 0.467 e. The van der Waals surface area contributed by atoms with Gasteiger partial charge in [-0.1, -0.05) is 53.7 Å². The number of hydrogen-bond donors (Lipinski definition) is 1. The van der Waals surface area contributed by atoms with Crippen LogP contribution in [0.15, 0.2) is 12.1 Å². The van der Waals surface area contributed by atoms with E-state index >= 15 is 0 Å². The summed E-state index contributed by atoms with van der Waals surface area (Å²) in [4.78, 5) is 11.7. The highest BCUT2D eigenvalue weighted by Gasteiger charge is 2.28. The van der Waals surface area contributed by atoms with Crippen LogP contribution in [0.3, 0.4) is 0 Å². The normalized spacial score (nSPS) is 12.1. The average molecular weight is 380 g/mol. The van der Waals surface area contributed by atoms with Crippen LogP contribution in [0.1, 0.15) is 64.7 Å². The maximum atomic E-state index is 11.7. The molecule has 0 saturated heterocycles. The summed E-state index contributed by atoms with van der Waals surface area (Å²) in [5.41, 5.74) is 3.24. The Balaban J connectivity index is 3.25. The topological polar surface area (TPSA) is 56.8 Å². The van der Waals surface area contributed by atoms with E-state index in [1.54, 1.807) is 14.2 Å². The minimum Gasteiger partial charge on any atom is -0.467 e. The molecule has 0 atom stereocenters. The monoisotopic (exact) mass is 379 g/mol. The third kappa shape index (κ3) is 7.51. The van der Waals surface area contributed by atoms with E-state index in [1.807, 2.05) is 0 Å². The second kappa shape index (κ2) is 10.1. The average Bonchev–Trinajstić information content (AvgIpc) is 2.57. The molecule has 0 saturated carbocycles. The number of nitrogens with one attached hydrogen (secondary N) is 1. The van der Waals surface area contributed by atoms with Gasteiger partial charge in [-0.15, -0.1) is 0 Å². The van der Waals surface area contributed by atoms with Gasteiger partial charge < -0.3 is 19.5 Å². The van der Waals surface area contributed by atoms with Gasteiger partial charge in [0.25, 0.3) is 0 Å². The molecular formula is C22H37NO4. The van der Waals surface area contributed by atoms with Gasteiger partial charge in [-0.25, -0.2) is 0 Å². The first-order valence-electron chi connectivity index (χ1n) is 9.58. The van der Waals surface area contributed by atoms with Crippen molar-refractivity contribution >= 4 is 5.91 Å². The van der Waals surface area contributed by atoms with Gasteiger partial charge in [0.2, 0.25) is 5.91 Å². The quantitative estimate of drug-likeness (QED) is 0.521. The maximum absolute atomic E-state index is 11.7. The molecule has 1 rings (SSSR count). The Hall–Kier alpha value is -1.59. The summed E-state index contributed by atoms with van der Waals surface area (Å²) in [6.45, 7) is 14.3. The van der Waals surface area contributed by atoms with Crippen LogP contribution in [0.5, 0.6) is 5.75 Å². The Kier molecular flexibility index (Phi) is 8.76. The van der Waals surface area contributed by atoms with Crippen LogP contribution >= 0.6 is 0 Å². The second-order valence-electron chi connectivity index (χ2n) is 8.86. The number of carbonyl (C=O) groups is 1. The Bertz CT molecular complexity index is 577. The fourth-order valence-electron chi connectivity index (χ4n) is 2.79. The molecule has 1 N–H and O–H groups in total. The van der Waals surface area contributed by atoms with Crippen molar-refractivity contribution in [3.63, 3.8) is 0 Å². The predicted octanol–water partition coefficient (Wildman–Crippen LogP) is 3.96. The molecule has 5 nitrogen and oxygen atoms in total. The van der Waals surface area contributed by atoms with E-state index in [4.69, 9.17) is 14.2 Å². The van der Waals surface area contributed by atoms with Gasteiger partial charge in [-0.2, -0.15) is 0 Å². The van der Waals surface area contributed by atoms with Gasteiger partial charge in [0, 0.05) is 31.7 Å². The summed E-state index contributed by atoms with van der Waals surface area (Å²) >= 11 is 0. The molecule has 0 spiro atoms. The molecule has 0 aliphatic rings. The highest BCUT2D eigenvalue weighted by atomic mass is 16.7. The maximum Gasteiger partial charge on any atom is 0.220 e. The van der Waals surface area contributed by atoms with Crippen LogP contribution < -0.4 is 10.1 Å². The van der Waals surface area contributed by atoms with Gasteiger partial charge in [0.15, 0.2) is 6.79 Å². The molecule has 1 amide bonds. The zero-order valence-corrected chi connectivity index (χ0v) is 18.3. The lowest BCUT2D eigenvalue weighted by atomic mass is 9.78. The van der Waals surface area contributed by atoms with Crippen molar-refractivity contribution in [1.29, 1.82) is 0 Å². The van der Waals surface area contributed by atoms with Crippen molar-refractivity contribution in [2.75, 3.05) is 34.2 Å². The molecule has 0 aromatic heterocycles. The van der Waals surface area contributed by atoms with Crippen LogP contribution in [0.25, 0.3) is 0 Å². The molecule has 0 heterocycles. The molecule has 0 aliphatic carbocycles. The highest BCUT2D eigenvalue weighted by molar-refractivity contribution is 5.75. The lowest BCUT2D eigenvalue weighted by Gasteiger charge is -2.30. The number of hydrogen-bond acceptors (Lipinski definition) is 4. The van der Waals surface area contributed by atoms with E-state index in [-0.39, 0.29) is 23.5 Å². The lowest BCUT2D eigenvalue weighted by molar-refractivity contribution is -0.120. The van der Waals surface area contributed by atoms with Crippen molar-refractivity contribution in [2.24, 2.45) is 0 Å². The summed E-state index contributed by atoms with van der Waals surface area (Å²) < 4.78 is 16.7. The standard InChI is InChI=1S/C22H37NO4/c1-21(2,3)17-13-16(9-10-19(24)23-7)14-18(22(4,5)6)20(17)27-15-26-12-11-25-8/h13-14H,9-12,15H2,1-8H3,(H,23,24). The van der Waals surface area contributed by atoms with Crippen LogP contribution in [-0.4, -0.2) is 40.1 Å². The molecule has 5 heteroatoms. The van der Waals surface area contributed by atoms with Gasteiger partial charge >= 0.3 is 0 Å². The van der Waals surface area contributed by atoms with Crippen molar-refractivity contribution in [2.45, 2.75) is 65.2 Å². The van der Waals surface area contributed by atoms with Crippen molar-refractivity contribution in [3.8, 4) is 5.75 Å². The fourth-order valence-corrected chi connectivity index (χ4v) is 2.79. The van der Waals surface area contributed by atoms with E-state index in [2.05, 4.69) is 59.0 Å². The van der Waals surface area contributed by atoms with E-state index in [1.165, 1.54) is 0 Å². The number of carbonyl (C=O) groups excluding carboxylic acids is 1. The minimum atomic E-state index is -0.0924. The number of amides is 1. The molecule has 154 valence electrons. The first-order chi connectivity index (χ1) is 12.5. The summed E-state index contributed by atoms with van der Waals surface area (Å²) in [5.74, 6) is 0.938. The first kappa shape index (κ1) is 23.4. The third-order valence-corrected chi connectivity index (χ3v) is 4.40. The Labute approximate surface area is 164 Å². The molecule has 0 aliphatic heterocycles. The zero-order valence-electron chi connectivity index (χ0n) is 18.3. The molecule has 0 radical (unpaired) electrons. The van der Waals surface area contributed by atoms with E-state index in [9.17, 15) is 4.79 Å². The number of rotatable bonds is 9. The second-order valence-corrected chi connectivity index (χ2v) is 8.86. The number of ether oxygens (including phenoxy) is 3. The van der Waals surface area contributed by atoms with Crippen LogP contribution in [0.2, 0.25) is 0 Å². The smallest absolute Gasteiger partial charge is 0.220 e. The molecule has 0 fully saturated rings. The number of methoxy groups -OCH3 is 1. The van der Waals surface area contributed by atoms with E-state index in [0.717, 1.165) is 22.4 Å². The number of benzene rings is 1. The fraction of sp³-hybridized carbons (Fsp3) is 0.682. The molecule has 1 aromatic rings. The predicted molar refractivity (Wildman–Crippen MR) is 110 cm³/mol. The zero-order chi connectivity index (χ0) is 20.7. The van der Waals surface area contributed by atoms with Crippen LogP contribution in [0.4, 0.5) is 0 Å². The molecule has 1 aromatic carbocycles. The van der Waals surface area contributed by atoms with Gasteiger partial charge in [0.1, 0.15) is 5.75 Å². The van der Waals surface area contributed by atoms with Gasteiger partial charge in [0.05, 0.1) is 13.2 Å². The molecule has 27 heavy (non-hydrogen) atoms. The molecule has 0 bridgehead atoms. The van der Waals surface area contributed by atoms with Crippen molar-refractivity contribution < 1.29 is 19.0 Å². The first-order valence-corrected chi connectivity index (χ1v) is 9.58. The molecular weight excluding hydrogens is 342 g/mol. The summed E-state index contributed by atoms with van der Waals surface area (Å²) in [6, 6.07) is 4.34. The Morgan fingerprint density at radius 3 is 2.00 bits per heavy atom. The van der Waals surface area contributed by atoms with Gasteiger partial charge in [-0.05, 0) is 22.8 Å². The summed E-state index contributed by atoms with van der Waals surface area (Å²) in [5, 5.41) is 2.69. The van der Waals surface area contributed by atoms with Crippen LogP contribution in [0, 0.1) is 0 Å². The minimum absolute atomic E-state index is 0.0523. The number of aryl methyl sites for hydroxylation is 1. The van der Waals surface area contributed by atoms with E-state index < -0.39 is 0 Å². The molecule has 0 unspecified atom stereocenters. The highest BCUT2D eigenvalue weighted by Crippen LogP contribution is 2.41.